The first-order valence-electron chi connectivity index (χ1n) is 31.9. The minimum atomic E-state index is -4.70. The fraction of sp³-hybridized carbons (Fsp3) is 0.846. The van der Waals surface area contributed by atoms with Crippen molar-refractivity contribution in [3.8, 4) is 0 Å². The zero-order valence-corrected chi connectivity index (χ0v) is 51.2. The van der Waals surface area contributed by atoms with Crippen molar-refractivity contribution in [3.05, 3.63) is 48.6 Å². The Morgan fingerprint density at radius 2 is 0.813 bits per heavy atom. The van der Waals surface area contributed by atoms with Gasteiger partial charge in [0.05, 0.1) is 33.8 Å². The van der Waals surface area contributed by atoms with Crippen molar-refractivity contribution in [2.45, 2.75) is 315 Å². The van der Waals surface area contributed by atoms with Crippen LogP contribution in [0.5, 0.6) is 0 Å². The van der Waals surface area contributed by atoms with E-state index in [9.17, 15) is 19.0 Å². The van der Waals surface area contributed by atoms with Gasteiger partial charge in [-0.1, -0.05) is 250 Å². The Kier molecular flexibility index (Phi) is 53.8. The van der Waals surface area contributed by atoms with Crippen LogP contribution in [-0.4, -0.2) is 69.4 Å². The predicted molar refractivity (Wildman–Crippen MR) is 321 cm³/mol. The van der Waals surface area contributed by atoms with Gasteiger partial charge in [-0.25, -0.2) is 0 Å². The van der Waals surface area contributed by atoms with Crippen LogP contribution in [0.25, 0.3) is 0 Å². The molecular formula is C65H123N2O7P. The molecule has 1 N–H and O–H groups in total. The third-order valence-corrected chi connectivity index (χ3v) is 15.2. The van der Waals surface area contributed by atoms with Crippen molar-refractivity contribution in [1.82, 2.24) is 5.32 Å². The number of phosphoric ester groups is 1. The summed E-state index contributed by atoms with van der Waals surface area (Å²) in [7, 11) is 1.18. The van der Waals surface area contributed by atoms with E-state index in [1.54, 1.807) is 0 Å². The molecular weight excluding hydrogens is 952 g/mol. The summed E-state index contributed by atoms with van der Waals surface area (Å²) in [6.07, 6.45) is 67.9. The molecule has 10 heteroatoms. The van der Waals surface area contributed by atoms with Gasteiger partial charge < -0.3 is 28.5 Å². The average Bonchev–Trinajstić information content (AvgIpc) is 3.37. The number of unbranched alkanes of at least 4 members (excludes halogenated alkanes) is 36. The Morgan fingerprint density at radius 1 is 0.467 bits per heavy atom. The number of amides is 1. The summed E-state index contributed by atoms with van der Waals surface area (Å²) in [5.74, 6) is -0.544. The second-order valence-electron chi connectivity index (χ2n) is 22.9. The second kappa shape index (κ2) is 55.3. The molecule has 0 aromatic heterocycles. The molecule has 1 amide bonds. The summed E-state index contributed by atoms with van der Waals surface area (Å²) in [5.41, 5.74) is 0. The summed E-state index contributed by atoms with van der Waals surface area (Å²) in [4.78, 5) is 40.0. The number of hydrogen-bond donors (Lipinski definition) is 1. The maximum Gasteiger partial charge on any atom is 0.306 e. The van der Waals surface area contributed by atoms with Gasteiger partial charge in [0.25, 0.3) is 7.82 Å². The van der Waals surface area contributed by atoms with Crippen LogP contribution in [-0.2, 0) is 27.9 Å². The average molecular weight is 1080 g/mol. The highest BCUT2D eigenvalue weighted by Crippen LogP contribution is 2.38. The summed E-state index contributed by atoms with van der Waals surface area (Å²) < 4.78 is 30.3. The monoisotopic (exact) mass is 1070 g/mol. The molecule has 0 spiro atoms. The molecule has 3 unspecified atom stereocenters. The lowest BCUT2D eigenvalue weighted by Gasteiger charge is -2.30. The third kappa shape index (κ3) is 56.5. The second-order valence-corrected chi connectivity index (χ2v) is 24.3. The number of nitrogens with one attached hydrogen (secondary N) is 1. The van der Waals surface area contributed by atoms with Crippen LogP contribution in [0.1, 0.15) is 303 Å². The van der Waals surface area contributed by atoms with E-state index in [0.717, 1.165) is 83.5 Å². The fourth-order valence-electron chi connectivity index (χ4n) is 9.25. The maximum absolute atomic E-state index is 13.5. The quantitative estimate of drug-likeness (QED) is 0.0212. The fourth-order valence-corrected chi connectivity index (χ4v) is 9.98. The lowest BCUT2D eigenvalue weighted by Crippen LogP contribution is -2.47. The first-order valence-corrected chi connectivity index (χ1v) is 33.4. The number of carbonyl (C=O) groups excluding carboxylic acids is 2. The molecule has 9 nitrogen and oxygen atoms in total. The molecule has 0 aliphatic carbocycles. The molecule has 0 aromatic rings. The Balaban J connectivity index is 5.21. The van der Waals surface area contributed by atoms with Crippen molar-refractivity contribution in [3.63, 3.8) is 0 Å². The Bertz CT molecular complexity index is 1420. The minimum Gasteiger partial charge on any atom is -0.756 e. The van der Waals surface area contributed by atoms with Crippen LogP contribution in [0.15, 0.2) is 48.6 Å². The number of rotatable bonds is 58. The number of esters is 1. The molecule has 0 radical (unpaired) electrons. The van der Waals surface area contributed by atoms with E-state index >= 15 is 0 Å². The normalized spacial score (nSPS) is 14.0. The zero-order chi connectivity index (χ0) is 55.0. The van der Waals surface area contributed by atoms with Gasteiger partial charge in [-0.05, 0) is 89.5 Å². The number of hydrogen-bond acceptors (Lipinski definition) is 7. The number of allylic oxidation sites excluding steroid dienone is 7. The molecule has 0 saturated carbocycles. The van der Waals surface area contributed by atoms with E-state index < -0.39 is 26.6 Å². The first kappa shape index (κ1) is 73.0. The van der Waals surface area contributed by atoms with Gasteiger partial charge in [-0.3, -0.25) is 14.2 Å². The summed E-state index contributed by atoms with van der Waals surface area (Å²) >= 11 is 0. The van der Waals surface area contributed by atoms with Gasteiger partial charge in [0.1, 0.15) is 19.3 Å². The molecule has 0 saturated heterocycles. The molecule has 0 aliphatic rings. The molecule has 3 atom stereocenters. The van der Waals surface area contributed by atoms with Crippen molar-refractivity contribution in [1.29, 1.82) is 0 Å². The minimum absolute atomic E-state index is 0.0235. The van der Waals surface area contributed by atoms with Gasteiger partial charge in [-0.2, -0.15) is 0 Å². The SMILES string of the molecule is CCCCC/C=C\C/C=C\CCCCCCCCCCCCCC(=O)OC(/C=C/CCCCCCCCCCCC)C(COP(=O)([O-])OCC[N+](C)(C)C)NC(=O)CCCCCCC/C=C/CCCCCCCCC. The highest BCUT2D eigenvalue weighted by molar-refractivity contribution is 7.45. The molecule has 0 bridgehead atoms. The Hall–Kier alpha value is -2.03. The summed E-state index contributed by atoms with van der Waals surface area (Å²) in [6, 6.07) is -0.892. The van der Waals surface area contributed by atoms with E-state index in [1.165, 1.54) is 186 Å². The number of likely N-dealkylation sites (N-methyl/N-ethyl adjacent to an activating group) is 1. The van der Waals surface area contributed by atoms with Crippen LogP contribution in [0, 0.1) is 0 Å². The van der Waals surface area contributed by atoms with Crippen LogP contribution >= 0.6 is 7.82 Å². The number of phosphoric acid groups is 1. The molecule has 0 aromatic carbocycles. The van der Waals surface area contributed by atoms with Crippen LogP contribution in [0.4, 0.5) is 0 Å². The van der Waals surface area contributed by atoms with E-state index in [2.05, 4.69) is 62.5 Å². The molecule has 0 heterocycles. The lowest BCUT2D eigenvalue weighted by molar-refractivity contribution is -0.870. The smallest absolute Gasteiger partial charge is 0.306 e. The predicted octanol–water partition coefficient (Wildman–Crippen LogP) is 19.0. The molecule has 440 valence electrons. The van der Waals surface area contributed by atoms with Crippen LogP contribution in [0.3, 0.4) is 0 Å². The van der Waals surface area contributed by atoms with Gasteiger partial charge in [0, 0.05) is 12.8 Å². The standard InChI is InChI=1S/C65H123N2O7P/c1-7-10-13-16-19-22-25-28-30-32-33-34-35-36-38-40-43-46-49-52-55-58-65(69)74-63(56-53-50-47-44-41-27-24-21-18-15-12-9-3)62(61-73-75(70,71)72-60-59-67(4,5)6)66-64(68)57-54-51-48-45-42-39-37-31-29-26-23-20-17-14-11-8-2/h19,22,28,30-31,37,53,56,62-63H,7-18,20-21,23-27,29,32-36,38-52,54-55,57-61H2,1-6H3,(H-,66,68,70,71)/b22-19-,30-28-,37-31+,56-53+. The van der Waals surface area contributed by atoms with E-state index in [0.29, 0.717) is 17.4 Å². The largest absolute Gasteiger partial charge is 0.756 e. The van der Waals surface area contributed by atoms with Gasteiger partial charge in [0.15, 0.2) is 0 Å². The van der Waals surface area contributed by atoms with Crippen LogP contribution in [0.2, 0.25) is 0 Å². The van der Waals surface area contributed by atoms with Crippen molar-refractivity contribution in [2.24, 2.45) is 0 Å². The van der Waals surface area contributed by atoms with Gasteiger partial charge >= 0.3 is 5.97 Å². The van der Waals surface area contributed by atoms with Gasteiger partial charge in [0.2, 0.25) is 5.91 Å². The number of quaternary nitrogens is 1. The third-order valence-electron chi connectivity index (χ3n) is 14.2. The molecule has 0 rings (SSSR count). The first-order chi connectivity index (χ1) is 36.4. The molecule has 0 fully saturated rings. The van der Waals surface area contributed by atoms with Gasteiger partial charge in [-0.15, -0.1) is 0 Å². The van der Waals surface area contributed by atoms with Crippen molar-refractivity contribution in [2.75, 3.05) is 40.9 Å². The lowest BCUT2D eigenvalue weighted by atomic mass is 10.0. The molecule has 75 heavy (non-hydrogen) atoms. The number of nitrogens with zero attached hydrogens (tertiary/aromatic N) is 1. The van der Waals surface area contributed by atoms with Crippen molar-refractivity contribution < 1.29 is 37.3 Å². The van der Waals surface area contributed by atoms with E-state index in [-0.39, 0.29) is 24.9 Å². The van der Waals surface area contributed by atoms with Crippen LogP contribution < -0.4 is 10.2 Å². The van der Waals surface area contributed by atoms with Crippen molar-refractivity contribution >= 4 is 19.7 Å². The zero-order valence-electron chi connectivity index (χ0n) is 50.3. The van der Waals surface area contributed by atoms with E-state index in [1.807, 2.05) is 33.3 Å². The number of ether oxygens (including phenoxy) is 1. The van der Waals surface area contributed by atoms with E-state index in [4.69, 9.17) is 13.8 Å². The Labute approximate surface area is 465 Å². The summed E-state index contributed by atoms with van der Waals surface area (Å²) in [5, 5.41) is 3.03. The summed E-state index contributed by atoms with van der Waals surface area (Å²) in [6.45, 7) is 6.83. The Morgan fingerprint density at radius 3 is 1.24 bits per heavy atom. The maximum atomic E-state index is 13.5. The highest BCUT2D eigenvalue weighted by Gasteiger charge is 2.27. The number of carbonyl (C=O) groups is 2. The topological polar surface area (TPSA) is 114 Å². The highest BCUT2D eigenvalue weighted by atomic mass is 31.2. The molecule has 0 aliphatic heterocycles.